The van der Waals surface area contributed by atoms with Crippen LogP contribution < -0.4 is 4.90 Å². The summed E-state index contributed by atoms with van der Waals surface area (Å²) < 4.78 is 5.44. The molecule has 3 rings (SSSR count). The monoisotopic (exact) mass is 375 g/mol. The molecule has 0 unspecified atom stereocenters. The Hall–Kier alpha value is -1.59. The maximum atomic E-state index is 5.44. The molecule has 5 heteroatoms. The van der Waals surface area contributed by atoms with E-state index >= 15 is 0 Å². The Morgan fingerprint density at radius 3 is 2.19 bits per heavy atom. The van der Waals surface area contributed by atoms with Crippen molar-refractivity contribution in [1.29, 1.82) is 0 Å². The number of aromatic nitrogens is 2. The van der Waals surface area contributed by atoms with Gasteiger partial charge in [0.1, 0.15) is 5.82 Å². The smallest absolute Gasteiger partial charge is 0.161 e. The van der Waals surface area contributed by atoms with Crippen molar-refractivity contribution in [2.75, 3.05) is 37.5 Å². The Morgan fingerprint density at radius 2 is 1.62 bits per heavy atom. The summed E-state index contributed by atoms with van der Waals surface area (Å²) in [7, 11) is 0. The van der Waals surface area contributed by atoms with Crippen LogP contribution in [-0.2, 0) is 10.5 Å². The van der Waals surface area contributed by atoms with Crippen LogP contribution in [0.3, 0.4) is 0 Å². The molecule has 1 saturated heterocycles. The number of ether oxygens (including phenoxy) is 1. The van der Waals surface area contributed by atoms with E-state index in [-0.39, 0.29) is 0 Å². The molecule has 1 aliphatic heterocycles. The van der Waals surface area contributed by atoms with Crippen molar-refractivity contribution in [2.45, 2.75) is 40.4 Å². The lowest BCUT2D eigenvalue weighted by Crippen LogP contribution is -2.37. The van der Waals surface area contributed by atoms with Crippen molar-refractivity contribution in [3.63, 3.8) is 0 Å². The molecule has 1 aromatic carbocycles. The van der Waals surface area contributed by atoms with Crippen molar-refractivity contribution < 1.29 is 4.74 Å². The maximum Gasteiger partial charge on any atom is 0.161 e. The fraction of sp³-hybridized carbons (Fsp3) is 0.524. The Balaban J connectivity index is 0.000000791. The molecule has 0 N–H and O–H groups in total. The molecule has 144 valence electrons. The quantitative estimate of drug-likeness (QED) is 0.734. The van der Waals surface area contributed by atoms with Crippen molar-refractivity contribution in [3.8, 4) is 11.4 Å². The summed E-state index contributed by atoms with van der Waals surface area (Å²) in [5, 5.41) is 0. The van der Waals surface area contributed by atoms with Crippen LogP contribution >= 0.6 is 11.8 Å². The minimum Gasteiger partial charge on any atom is -0.378 e. The predicted molar refractivity (Wildman–Crippen MR) is 115 cm³/mol. The summed E-state index contributed by atoms with van der Waals surface area (Å²) in [5.41, 5.74) is 3.40. The second-order valence-electron chi connectivity index (χ2n) is 5.44. The molecular weight excluding hydrogens is 342 g/mol. The zero-order chi connectivity index (χ0) is 19.4. The van der Waals surface area contributed by atoms with E-state index < -0.39 is 0 Å². The van der Waals surface area contributed by atoms with Gasteiger partial charge in [0.15, 0.2) is 5.82 Å². The fourth-order valence-electron chi connectivity index (χ4n) is 2.49. The van der Waals surface area contributed by atoms with Gasteiger partial charge in [-0.1, -0.05) is 57.5 Å². The Morgan fingerprint density at radius 1 is 1.00 bits per heavy atom. The lowest BCUT2D eigenvalue weighted by molar-refractivity contribution is 0.122. The third-order valence-electron chi connectivity index (χ3n) is 3.70. The van der Waals surface area contributed by atoms with Gasteiger partial charge in [0.25, 0.3) is 0 Å². The molecule has 0 aliphatic carbocycles. The molecule has 0 amide bonds. The first-order valence-corrected chi connectivity index (χ1v) is 10.9. The number of benzene rings is 1. The van der Waals surface area contributed by atoms with Crippen molar-refractivity contribution in [1.82, 2.24) is 9.97 Å². The lowest BCUT2D eigenvalue weighted by Gasteiger charge is -2.28. The molecular formula is C21H33N3OS. The zero-order valence-corrected chi connectivity index (χ0v) is 17.9. The first-order valence-electron chi connectivity index (χ1n) is 9.53. The average molecular weight is 376 g/mol. The van der Waals surface area contributed by atoms with Gasteiger partial charge in [-0.3, -0.25) is 0 Å². The first-order chi connectivity index (χ1) is 12.8. The highest BCUT2D eigenvalue weighted by Crippen LogP contribution is 2.23. The second kappa shape index (κ2) is 12.7. The third-order valence-corrected chi connectivity index (χ3v) is 4.29. The molecule has 2 aromatic rings. The summed E-state index contributed by atoms with van der Waals surface area (Å²) in [6.07, 6.45) is 2.10. The number of aryl methyl sites for hydroxylation is 1. The van der Waals surface area contributed by atoms with E-state index in [9.17, 15) is 0 Å². The Labute approximate surface area is 163 Å². The largest absolute Gasteiger partial charge is 0.378 e. The molecule has 0 saturated carbocycles. The third kappa shape index (κ3) is 6.61. The molecule has 1 aromatic heterocycles. The second-order valence-corrected chi connectivity index (χ2v) is 6.31. The summed E-state index contributed by atoms with van der Waals surface area (Å²) in [5.74, 6) is 2.73. The van der Waals surface area contributed by atoms with Gasteiger partial charge in [0.2, 0.25) is 0 Å². The van der Waals surface area contributed by atoms with E-state index in [1.54, 1.807) is 11.8 Å². The van der Waals surface area contributed by atoms with E-state index in [0.29, 0.717) is 0 Å². The van der Waals surface area contributed by atoms with Crippen LogP contribution in [0.5, 0.6) is 0 Å². The van der Waals surface area contributed by atoms with E-state index in [2.05, 4.69) is 48.4 Å². The maximum absolute atomic E-state index is 5.44. The van der Waals surface area contributed by atoms with Crippen LogP contribution in [0.2, 0.25) is 0 Å². The summed E-state index contributed by atoms with van der Waals surface area (Å²) in [4.78, 5) is 11.8. The number of rotatable bonds is 4. The highest BCUT2D eigenvalue weighted by molar-refractivity contribution is 7.97. The molecule has 0 radical (unpaired) electrons. The molecule has 0 atom stereocenters. The normalized spacial score (nSPS) is 13.2. The van der Waals surface area contributed by atoms with Gasteiger partial charge in [-0.05, 0) is 13.2 Å². The van der Waals surface area contributed by atoms with E-state index in [1.807, 2.05) is 27.7 Å². The minimum atomic E-state index is 0.766. The molecule has 0 bridgehead atoms. The Kier molecular flexibility index (Phi) is 11.0. The van der Waals surface area contributed by atoms with Crippen molar-refractivity contribution in [2.24, 2.45) is 0 Å². The number of hydrogen-bond acceptors (Lipinski definition) is 5. The lowest BCUT2D eigenvalue weighted by atomic mass is 10.1. The van der Waals surface area contributed by atoms with Gasteiger partial charge < -0.3 is 9.64 Å². The number of thioether (sulfide) groups is 1. The number of hydrogen-bond donors (Lipinski definition) is 0. The summed E-state index contributed by atoms with van der Waals surface area (Å²) in [6, 6.07) is 10.5. The minimum absolute atomic E-state index is 0.766. The standard InChI is InChI=1S/C17H21N3OS.2C2H6/c1-13-3-5-14(6-4-13)17-18-15(12-22-2)11-16(19-17)20-7-9-21-10-8-20;2*1-2/h3-6,11H,7-10,12H2,1-2H3;2*1-2H3. The highest BCUT2D eigenvalue weighted by Gasteiger charge is 2.15. The van der Waals surface area contributed by atoms with Gasteiger partial charge in [0, 0.05) is 30.5 Å². The fourth-order valence-corrected chi connectivity index (χ4v) is 2.93. The average Bonchev–Trinajstić information content (AvgIpc) is 2.72. The SMILES string of the molecule is CC.CC.CSCc1cc(N2CCOCC2)nc(-c2ccc(C)cc2)n1. The predicted octanol–water partition coefficient (Wildman–Crippen LogP) is 5.20. The van der Waals surface area contributed by atoms with E-state index in [0.717, 1.165) is 55.0 Å². The van der Waals surface area contributed by atoms with E-state index in [1.165, 1.54) is 5.56 Å². The van der Waals surface area contributed by atoms with Gasteiger partial charge in [-0.15, -0.1) is 0 Å². The van der Waals surface area contributed by atoms with Crippen LogP contribution in [0.1, 0.15) is 39.0 Å². The van der Waals surface area contributed by atoms with Crippen molar-refractivity contribution in [3.05, 3.63) is 41.6 Å². The van der Waals surface area contributed by atoms with Crippen LogP contribution in [0, 0.1) is 6.92 Å². The molecule has 0 spiro atoms. The van der Waals surface area contributed by atoms with Crippen LogP contribution in [0.4, 0.5) is 5.82 Å². The molecule has 4 nitrogen and oxygen atoms in total. The summed E-state index contributed by atoms with van der Waals surface area (Å²) >= 11 is 1.78. The number of morpholine rings is 1. The van der Waals surface area contributed by atoms with Gasteiger partial charge in [0.05, 0.1) is 18.9 Å². The molecule has 26 heavy (non-hydrogen) atoms. The Bertz CT molecular complexity index is 626. The zero-order valence-electron chi connectivity index (χ0n) is 17.1. The molecule has 1 fully saturated rings. The topological polar surface area (TPSA) is 38.2 Å². The molecule has 2 heterocycles. The van der Waals surface area contributed by atoms with Crippen LogP contribution in [0.15, 0.2) is 30.3 Å². The summed E-state index contributed by atoms with van der Waals surface area (Å²) in [6.45, 7) is 13.4. The highest BCUT2D eigenvalue weighted by atomic mass is 32.2. The van der Waals surface area contributed by atoms with Gasteiger partial charge >= 0.3 is 0 Å². The number of anilines is 1. The van der Waals surface area contributed by atoms with Gasteiger partial charge in [-0.25, -0.2) is 9.97 Å². The van der Waals surface area contributed by atoms with Crippen LogP contribution in [0.25, 0.3) is 11.4 Å². The van der Waals surface area contributed by atoms with E-state index in [4.69, 9.17) is 14.7 Å². The molecule has 1 aliphatic rings. The number of nitrogens with zero attached hydrogens (tertiary/aromatic N) is 3. The van der Waals surface area contributed by atoms with Crippen LogP contribution in [-0.4, -0.2) is 42.5 Å². The van der Waals surface area contributed by atoms with Crippen molar-refractivity contribution >= 4 is 17.6 Å². The first kappa shape index (κ1) is 22.5. The van der Waals surface area contributed by atoms with Gasteiger partial charge in [-0.2, -0.15) is 11.8 Å².